The number of fused-ring (bicyclic) bond motifs is 1. The zero-order valence-electron chi connectivity index (χ0n) is 11.9. The van der Waals surface area contributed by atoms with E-state index in [0.717, 1.165) is 5.56 Å². The number of carbonyl (C=O) groups is 2. The van der Waals surface area contributed by atoms with Gasteiger partial charge >= 0.3 is 5.97 Å². The minimum atomic E-state index is -0.327. The van der Waals surface area contributed by atoms with Gasteiger partial charge in [-0.2, -0.15) is 0 Å². The lowest BCUT2D eigenvalue weighted by Crippen LogP contribution is -2.12. The van der Waals surface area contributed by atoms with Crippen LogP contribution in [0.25, 0.3) is 0 Å². The Morgan fingerprint density at radius 2 is 2.27 bits per heavy atom. The summed E-state index contributed by atoms with van der Waals surface area (Å²) < 4.78 is 14.8. The lowest BCUT2D eigenvalue weighted by molar-refractivity contribution is -0.116. The van der Waals surface area contributed by atoms with E-state index in [1.54, 1.807) is 24.3 Å². The van der Waals surface area contributed by atoms with Crippen molar-refractivity contribution < 1.29 is 23.6 Å². The highest BCUT2D eigenvalue weighted by atomic mass is 16.5. The molecule has 7 heteroatoms. The number of nitrogens with zero attached hydrogens (tertiary/aromatic N) is 1. The van der Waals surface area contributed by atoms with Gasteiger partial charge in [0.15, 0.2) is 0 Å². The Bertz CT molecular complexity index is 722. The van der Waals surface area contributed by atoms with Crippen LogP contribution in [0.3, 0.4) is 0 Å². The normalized spacial score (nSPS) is 12.7. The maximum Gasteiger partial charge on any atom is 0.338 e. The maximum absolute atomic E-state index is 11.9. The number of anilines is 1. The second kappa shape index (κ2) is 5.88. The number of cyclic esters (lactones) is 1. The fourth-order valence-electron chi connectivity index (χ4n) is 2.18. The monoisotopic (exact) mass is 302 g/mol. The van der Waals surface area contributed by atoms with Gasteiger partial charge in [0, 0.05) is 30.2 Å². The molecule has 7 nitrogen and oxygen atoms in total. The SMILES string of the molecule is COc1cc(CCC(=O)Nc2ccc3c(c2)COC3=O)on1. The van der Waals surface area contributed by atoms with Crippen LogP contribution < -0.4 is 10.1 Å². The van der Waals surface area contributed by atoms with Gasteiger partial charge in [-0.25, -0.2) is 4.79 Å². The number of ether oxygens (including phenoxy) is 2. The van der Waals surface area contributed by atoms with Gasteiger partial charge in [-0.15, -0.1) is 0 Å². The van der Waals surface area contributed by atoms with E-state index < -0.39 is 0 Å². The first kappa shape index (κ1) is 14.1. The molecule has 1 aliphatic heterocycles. The Balaban J connectivity index is 1.57. The fraction of sp³-hybridized carbons (Fsp3) is 0.267. The van der Waals surface area contributed by atoms with Crippen LogP contribution >= 0.6 is 0 Å². The number of methoxy groups -OCH3 is 1. The standard InChI is InChI=1S/C15H14N2O5/c1-20-14-7-11(22-17-14)3-5-13(18)16-10-2-4-12-9(6-10)8-21-15(12)19/h2,4,6-7H,3,5,8H2,1H3,(H,16,18). The molecule has 0 saturated carbocycles. The summed E-state index contributed by atoms with van der Waals surface area (Å²) in [5.74, 6) is 0.492. The van der Waals surface area contributed by atoms with Crippen LogP contribution in [0.5, 0.6) is 5.88 Å². The highest BCUT2D eigenvalue weighted by Gasteiger charge is 2.21. The van der Waals surface area contributed by atoms with E-state index in [1.165, 1.54) is 7.11 Å². The topological polar surface area (TPSA) is 90.7 Å². The molecule has 0 radical (unpaired) electrons. The van der Waals surface area contributed by atoms with E-state index in [0.29, 0.717) is 29.3 Å². The van der Waals surface area contributed by atoms with Gasteiger partial charge in [0.25, 0.3) is 5.88 Å². The molecule has 0 spiro atoms. The van der Waals surface area contributed by atoms with Crippen molar-refractivity contribution >= 4 is 17.6 Å². The summed E-state index contributed by atoms with van der Waals surface area (Å²) in [6.07, 6.45) is 0.680. The third-order valence-corrected chi connectivity index (χ3v) is 3.31. The third-order valence-electron chi connectivity index (χ3n) is 3.31. The van der Waals surface area contributed by atoms with Crippen molar-refractivity contribution in [3.63, 3.8) is 0 Å². The van der Waals surface area contributed by atoms with Crippen LogP contribution in [0.2, 0.25) is 0 Å². The molecular formula is C15H14N2O5. The largest absolute Gasteiger partial charge is 0.479 e. The van der Waals surface area contributed by atoms with Crippen LogP contribution in [0, 0.1) is 0 Å². The first-order valence-corrected chi connectivity index (χ1v) is 6.75. The van der Waals surface area contributed by atoms with Crippen molar-refractivity contribution in [3.05, 3.63) is 41.2 Å². The van der Waals surface area contributed by atoms with E-state index in [1.807, 2.05) is 0 Å². The lowest BCUT2D eigenvalue weighted by atomic mass is 10.1. The highest BCUT2D eigenvalue weighted by molar-refractivity contribution is 5.95. The summed E-state index contributed by atoms with van der Waals surface area (Å²) in [5, 5.41) is 6.45. The van der Waals surface area contributed by atoms with Crippen LogP contribution in [-0.4, -0.2) is 24.1 Å². The molecule has 3 rings (SSSR count). The number of hydrogen-bond donors (Lipinski definition) is 1. The molecule has 1 N–H and O–H groups in total. The molecule has 114 valence electrons. The molecule has 0 aliphatic carbocycles. The zero-order chi connectivity index (χ0) is 15.5. The van der Waals surface area contributed by atoms with Gasteiger partial charge in [0.05, 0.1) is 12.7 Å². The first-order valence-electron chi connectivity index (χ1n) is 6.75. The summed E-state index contributed by atoms with van der Waals surface area (Å²) in [7, 11) is 1.50. The number of nitrogens with one attached hydrogen (secondary N) is 1. The number of benzene rings is 1. The highest BCUT2D eigenvalue weighted by Crippen LogP contribution is 2.23. The van der Waals surface area contributed by atoms with Gasteiger partial charge in [-0.05, 0) is 23.4 Å². The number of aromatic nitrogens is 1. The molecule has 0 fully saturated rings. The summed E-state index contributed by atoms with van der Waals surface area (Å²) in [6, 6.07) is 6.73. The van der Waals surface area contributed by atoms with Gasteiger partial charge in [-0.3, -0.25) is 4.79 Å². The van der Waals surface area contributed by atoms with E-state index >= 15 is 0 Å². The summed E-state index contributed by atoms with van der Waals surface area (Å²) in [5.41, 5.74) is 1.96. The van der Waals surface area contributed by atoms with Crippen LogP contribution in [-0.2, 0) is 22.6 Å². The summed E-state index contributed by atoms with van der Waals surface area (Å²) >= 11 is 0. The van der Waals surface area contributed by atoms with Crippen molar-refractivity contribution in [1.82, 2.24) is 5.16 Å². The molecule has 1 aliphatic rings. The van der Waals surface area contributed by atoms with E-state index in [9.17, 15) is 9.59 Å². The van der Waals surface area contributed by atoms with Gasteiger partial charge in [0.2, 0.25) is 5.91 Å². The molecule has 22 heavy (non-hydrogen) atoms. The number of rotatable bonds is 5. The van der Waals surface area contributed by atoms with Crippen LogP contribution in [0.1, 0.15) is 28.1 Å². The number of aryl methyl sites for hydroxylation is 1. The number of hydrogen-bond acceptors (Lipinski definition) is 6. The minimum Gasteiger partial charge on any atom is -0.479 e. The van der Waals surface area contributed by atoms with Crippen molar-refractivity contribution in [2.75, 3.05) is 12.4 Å². The molecule has 0 atom stereocenters. The molecule has 1 amide bonds. The first-order chi connectivity index (χ1) is 10.7. The average molecular weight is 302 g/mol. The number of carbonyl (C=O) groups excluding carboxylic acids is 2. The van der Waals surface area contributed by atoms with Crippen molar-refractivity contribution in [2.24, 2.45) is 0 Å². The quantitative estimate of drug-likeness (QED) is 0.849. The molecule has 2 aromatic rings. The molecule has 1 aromatic carbocycles. The Hall–Kier alpha value is -2.83. The van der Waals surface area contributed by atoms with Crippen molar-refractivity contribution in [1.29, 1.82) is 0 Å². The van der Waals surface area contributed by atoms with Crippen LogP contribution in [0.15, 0.2) is 28.8 Å². The predicted octanol–water partition coefficient (Wildman–Crippen LogP) is 1.92. The molecule has 2 heterocycles. The molecule has 1 aromatic heterocycles. The Morgan fingerprint density at radius 3 is 3.05 bits per heavy atom. The second-order valence-corrected chi connectivity index (χ2v) is 4.83. The van der Waals surface area contributed by atoms with Crippen LogP contribution in [0.4, 0.5) is 5.69 Å². The fourth-order valence-corrected chi connectivity index (χ4v) is 2.18. The Kier molecular flexibility index (Phi) is 3.78. The van der Waals surface area contributed by atoms with Gasteiger partial charge in [-0.1, -0.05) is 0 Å². The number of amides is 1. The minimum absolute atomic E-state index is 0.152. The smallest absolute Gasteiger partial charge is 0.338 e. The predicted molar refractivity (Wildman–Crippen MR) is 75.6 cm³/mol. The Morgan fingerprint density at radius 1 is 1.41 bits per heavy atom. The molecule has 0 bridgehead atoms. The van der Waals surface area contributed by atoms with Gasteiger partial charge in [0.1, 0.15) is 12.4 Å². The maximum atomic E-state index is 11.9. The zero-order valence-corrected chi connectivity index (χ0v) is 11.9. The molecule has 0 unspecified atom stereocenters. The third kappa shape index (κ3) is 2.93. The average Bonchev–Trinajstić information content (AvgIpc) is 3.12. The summed E-state index contributed by atoms with van der Waals surface area (Å²) in [6.45, 7) is 0.246. The summed E-state index contributed by atoms with van der Waals surface area (Å²) in [4.78, 5) is 23.3. The molecule has 0 saturated heterocycles. The molecular weight excluding hydrogens is 288 g/mol. The van der Waals surface area contributed by atoms with Gasteiger partial charge < -0.3 is 19.3 Å². The van der Waals surface area contributed by atoms with Crippen molar-refractivity contribution in [3.8, 4) is 5.88 Å². The van der Waals surface area contributed by atoms with E-state index in [-0.39, 0.29) is 24.9 Å². The lowest BCUT2D eigenvalue weighted by Gasteiger charge is -2.05. The van der Waals surface area contributed by atoms with Crippen molar-refractivity contribution in [2.45, 2.75) is 19.4 Å². The number of esters is 1. The second-order valence-electron chi connectivity index (χ2n) is 4.83. The van der Waals surface area contributed by atoms with E-state index in [2.05, 4.69) is 10.5 Å². The van der Waals surface area contributed by atoms with E-state index in [4.69, 9.17) is 14.0 Å². The Labute approximate surface area is 126 Å².